The Kier molecular flexibility index (Phi) is 4.74. The molecule has 2 rings (SSSR count). The minimum Gasteiger partial charge on any atom is -0.395 e. The fourth-order valence-electron chi connectivity index (χ4n) is 2.59. The molecule has 0 aromatic carbocycles. The number of aliphatic hydroxyl groups excluding tert-OH is 1. The molecule has 2 atom stereocenters. The molecule has 0 aliphatic carbocycles. The van der Waals surface area contributed by atoms with Gasteiger partial charge in [0.05, 0.1) is 24.9 Å². The van der Waals surface area contributed by atoms with E-state index < -0.39 is 0 Å². The second-order valence-corrected chi connectivity index (χ2v) is 5.20. The normalized spacial score (nSPS) is 23.2. The first-order chi connectivity index (χ1) is 9.53. The summed E-state index contributed by atoms with van der Waals surface area (Å²) in [6.45, 7) is 2.83. The van der Waals surface area contributed by atoms with Gasteiger partial charge in [0.1, 0.15) is 5.82 Å². The lowest BCUT2D eigenvalue weighted by Gasteiger charge is -2.21. The van der Waals surface area contributed by atoms with Crippen molar-refractivity contribution in [1.29, 1.82) is 0 Å². The van der Waals surface area contributed by atoms with Gasteiger partial charge in [0.15, 0.2) is 0 Å². The third-order valence-corrected chi connectivity index (χ3v) is 3.65. The highest BCUT2D eigenvalue weighted by atomic mass is 16.5. The minimum absolute atomic E-state index is 0.0148. The number of hydrogen-bond acceptors (Lipinski definition) is 5. The van der Waals surface area contributed by atoms with Crippen molar-refractivity contribution in [3.63, 3.8) is 0 Å². The highest BCUT2D eigenvalue weighted by Crippen LogP contribution is 2.19. The summed E-state index contributed by atoms with van der Waals surface area (Å²) in [6, 6.07) is 1.81. The van der Waals surface area contributed by atoms with E-state index >= 15 is 0 Å². The van der Waals surface area contributed by atoms with Crippen LogP contribution in [-0.2, 0) is 16.6 Å². The maximum Gasteiger partial charge on any atom is 0.239 e. The summed E-state index contributed by atoms with van der Waals surface area (Å²) in [5.41, 5.74) is 0.858. The third kappa shape index (κ3) is 3.36. The molecule has 2 N–H and O–H groups in total. The van der Waals surface area contributed by atoms with Gasteiger partial charge in [-0.15, -0.1) is 0 Å². The van der Waals surface area contributed by atoms with Crippen LogP contribution in [0.2, 0.25) is 0 Å². The molecule has 1 aromatic heterocycles. The molecule has 20 heavy (non-hydrogen) atoms. The molecule has 0 bridgehead atoms. The Hall–Kier alpha value is -1.44. The van der Waals surface area contributed by atoms with Crippen LogP contribution in [0.4, 0.5) is 5.82 Å². The molecule has 0 spiro atoms. The molecule has 0 saturated carbocycles. The highest BCUT2D eigenvalue weighted by molar-refractivity contribution is 5.91. The van der Waals surface area contributed by atoms with Gasteiger partial charge in [-0.05, 0) is 13.3 Å². The summed E-state index contributed by atoms with van der Waals surface area (Å²) in [5.74, 6) is 0.568. The van der Waals surface area contributed by atoms with Crippen LogP contribution in [0, 0.1) is 6.92 Å². The molecule has 7 heteroatoms. The van der Waals surface area contributed by atoms with Crippen molar-refractivity contribution in [2.75, 3.05) is 32.1 Å². The Morgan fingerprint density at radius 1 is 1.65 bits per heavy atom. The molecule has 1 fully saturated rings. The highest BCUT2D eigenvalue weighted by Gasteiger charge is 2.32. The number of hydrogen-bond donors (Lipinski definition) is 2. The van der Waals surface area contributed by atoms with Gasteiger partial charge in [-0.1, -0.05) is 0 Å². The molecular formula is C13H22N4O3. The van der Waals surface area contributed by atoms with Gasteiger partial charge in [0.25, 0.3) is 0 Å². The van der Waals surface area contributed by atoms with Gasteiger partial charge in [0.2, 0.25) is 5.91 Å². The van der Waals surface area contributed by atoms with Crippen LogP contribution in [0.1, 0.15) is 12.1 Å². The fourth-order valence-corrected chi connectivity index (χ4v) is 2.59. The van der Waals surface area contributed by atoms with Crippen molar-refractivity contribution in [1.82, 2.24) is 14.7 Å². The summed E-state index contributed by atoms with van der Waals surface area (Å²) in [5, 5.41) is 16.4. The van der Waals surface area contributed by atoms with Gasteiger partial charge < -0.3 is 15.2 Å². The smallest absolute Gasteiger partial charge is 0.239 e. The second-order valence-electron chi connectivity index (χ2n) is 5.20. The van der Waals surface area contributed by atoms with Crippen LogP contribution >= 0.6 is 0 Å². The van der Waals surface area contributed by atoms with E-state index in [1.807, 2.05) is 17.9 Å². The van der Waals surface area contributed by atoms with Gasteiger partial charge >= 0.3 is 0 Å². The number of amides is 1. The number of aliphatic hydroxyl groups is 1. The largest absolute Gasteiger partial charge is 0.395 e. The summed E-state index contributed by atoms with van der Waals surface area (Å²) < 4.78 is 6.93. The Morgan fingerprint density at radius 3 is 2.95 bits per heavy atom. The number of carbonyl (C=O) groups excluding carboxylic acids is 1. The first-order valence-corrected chi connectivity index (χ1v) is 6.71. The molecule has 1 aliphatic rings. The van der Waals surface area contributed by atoms with Crippen LogP contribution in [0.25, 0.3) is 0 Å². The molecule has 1 saturated heterocycles. The maximum absolute atomic E-state index is 12.1. The van der Waals surface area contributed by atoms with Gasteiger partial charge in [0, 0.05) is 32.8 Å². The lowest BCUT2D eigenvalue weighted by atomic mass is 10.2. The Balaban J connectivity index is 1.92. The Bertz CT molecular complexity index is 474. The zero-order chi connectivity index (χ0) is 14.7. The fraction of sp³-hybridized carbons (Fsp3) is 0.692. The quantitative estimate of drug-likeness (QED) is 0.778. The van der Waals surface area contributed by atoms with Crippen LogP contribution in [-0.4, -0.2) is 64.6 Å². The van der Waals surface area contributed by atoms with Crippen molar-refractivity contribution in [2.24, 2.45) is 7.05 Å². The zero-order valence-corrected chi connectivity index (χ0v) is 12.2. The van der Waals surface area contributed by atoms with Crippen LogP contribution < -0.4 is 5.32 Å². The Labute approximate surface area is 118 Å². The number of likely N-dealkylation sites (tertiary alicyclic amines) is 1. The SMILES string of the molecule is CO[C@H]1C[C@@H](CO)N(CC(=O)Nc2cc(C)nn2C)C1. The lowest BCUT2D eigenvalue weighted by Crippen LogP contribution is -2.39. The number of anilines is 1. The van der Waals surface area contributed by atoms with Crippen LogP contribution in [0.5, 0.6) is 0 Å². The summed E-state index contributed by atoms with van der Waals surface area (Å²) in [7, 11) is 3.44. The minimum atomic E-state index is -0.108. The number of nitrogens with one attached hydrogen (secondary N) is 1. The topological polar surface area (TPSA) is 79.6 Å². The first kappa shape index (κ1) is 15.0. The van der Waals surface area contributed by atoms with Gasteiger partial charge in [-0.25, -0.2) is 0 Å². The lowest BCUT2D eigenvalue weighted by molar-refractivity contribution is -0.117. The van der Waals surface area contributed by atoms with E-state index in [2.05, 4.69) is 10.4 Å². The molecule has 0 unspecified atom stereocenters. The number of aromatic nitrogens is 2. The zero-order valence-electron chi connectivity index (χ0n) is 12.2. The third-order valence-electron chi connectivity index (χ3n) is 3.65. The predicted octanol–water partition coefficient (Wildman–Crippen LogP) is -0.251. The summed E-state index contributed by atoms with van der Waals surface area (Å²) >= 11 is 0. The molecule has 112 valence electrons. The summed E-state index contributed by atoms with van der Waals surface area (Å²) in [4.78, 5) is 14.0. The van der Waals surface area contributed by atoms with Crippen molar-refractivity contribution >= 4 is 11.7 Å². The van der Waals surface area contributed by atoms with E-state index in [1.165, 1.54) is 0 Å². The average molecular weight is 282 g/mol. The van der Waals surface area contributed by atoms with Gasteiger partial charge in [-0.3, -0.25) is 14.4 Å². The molecule has 1 aromatic rings. The average Bonchev–Trinajstić information content (AvgIpc) is 2.93. The Morgan fingerprint density at radius 2 is 2.40 bits per heavy atom. The van der Waals surface area contributed by atoms with Gasteiger partial charge in [-0.2, -0.15) is 5.10 Å². The van der Waals surface area contributed by atoms with Crippen molar-refractivity contribution in [3.05, 3.63) is 11.8 Å². The van der Waals surface area contributed by atoms with Crippen LogP contribution in [0.15, 0.2) is 6.07 Å². The number of aryl methyl sites for hydroxylation is 2. The molecule has 7 nitrogen and oxygen atoms in total. The number of nitrogens with zero attached hydrogens (tertiary/aromatic N) is 3. The molecular weight excluding hydrogens is 260 g/mol. The molecule has 0 radical (unpaired) electrons. The number of ether oxygens (including phenoxy) is 1. The number of methoxy groups -OCH3 is 1. The standard InChI is InChI=1S/C13H22N4O3/c1-9-4-12(16(2)15-9)14-13(19)7-17-6-11(20-3)5-10(17)8-18/h4,10-11,18H,5-8H2,1-3H3,(H,14,19)/t10-,11-/m0/s1. The predicted molar refractivity (Wildman–Crippen MR) is 74.4 cm³/mol. The molecule has 1 aliphatic heterocycles. The van der Waals surface area contributed by atoms with Crippen LogP contribution in [0.3, 0.4) is 0 Å². The first-order valence-electron chi connectivity index (χ1n) is 6.71. The van der Waals surface area contributed by atoms with E-state index in [0.29, 0.717) is 12.4 Å². The van der Waals surface area contributed by atoms with E-state index in [-0.39, 0.29) is 31.2 Å². The molecule has 1 amide bonds. The molecule has 2 heterocycles. The second kappa shape index (κ2) is 6.34. The van der Waals surface area contributed by atoms with E-state index in [1.54, 1.807) is 18.8 Å². The van der Waals surface area contributed by atoms with Crippen molar-refractivity contribution in [2.45, 2.75) is 25.5 Å². The number of carbonyl (C=O) groups is 1. The van der Waals surface area contributed by atoms with E-state index in [4.69, 9.17) is 4.74 Å². The maximum atomic E-state index is 12.1. The van der Waals surface area contributed by atoms with Crippen molar-refractivity contribution < 1.29 is 14.6 Å². The number of rotatable bonds is 5. The van der Waals surface area contributed by atoms with E-state index in [9.17, 15) is 9.90 Å². The summed E-state index contributed by atoms with van der Waals surface area (Å²) in [6.07, 6.45) is 0.837. The van der Waals surface area contributed by atoms with Crippen molar-refractivity contribution in [3.8, 4) is 0 Å². The monoisotopic (exact) mass is 282 g/mol. The van der Waals surface area contributed by atoms with E-state index in [0.717, 1.165) is 12.1 Å².